The van der Waals surface area contributed by atoms with Crippen LogP contribution in [0.15, 0.2) is 39.9 Å². The second kappa shape index (κ2) is 6.06. The van der Waals surface area contributed by atoms with Gasteiger partial charge < -0.3 is 9.52 Å². The first-order valence-electron chi connectivity index (χ1n) is 5.70. The molecule has 2 heterocycles. The summed E-state index contributed by atoms with van der Waals surface area (Å²) >= 11 is 6.13. The third-order valence-corrected chi connectivity index (χ3v) is 3.97. The van der Waals surface area contributed by atoms with Crippen LogP contribution in [0, 0.1) is 0 Å². The largest absolute Gasteiger partial charge is 0.480 e. The van der Waals surface area contributed by atoms with Gasteiger partial charge in [0.15, 0.2) is 0 Å². The Morgan fingerprint density at radius 3 is 2.95 bits per heavy atom. The number of aliphatic carboxylic acids is 1. The predicted molar refractivity (Wildman–Crippen MR) is 80.0 cm³/mol. The number of hydrogen-bond acceptors (Lipinski definition) is 5. The minimum Gasteiger partial charge on any atom is -0.480 e. The Bertz CT molecular complexity index is 604. The SMILES string of the molecule is C[C@H](C(=O)O)N1C(=O)/C(=C\C=C\c2ccco2)SC1=S. The topological polar surface area (TPSA) is 70.8 Å². The van der Waals surface area contributed by atoms with Crippen molar-refractivity contribution < 1.29 is 19.1 Å². The molecule has 1 fully saturated rings. The van der Waals surface area contributed by atoms with Crippen molar-refractivity contribution in [3.63, 3.8) is 0 Å². The van der Waals surface area contributed by atoms with Gasteiger partial charge in [0.25, 0.3) is 5.91 Å². The number of thiocarbonyl (C=S) groups is 1. The van der Waals surface area contributed by atoms with Gasteiger partial charge in [0.1, 0.15) is 16.1 Å². The average molecular weight is 309 g/mol. The van der Waals surface area contributed by atoms with E-state index in [0.29, 0.717) is 10.7 Å². The van der Waals surface area contributed by atoms with Crippen molar-refractivity contribution >= 4 is 46.3 Å². The number of furan rings is 1. The number of carboxylic acids is 1. The fourth-order valence-corrected chi connectivity index (χ4v) is 2.92. The lowest BCUT2D eigenvalue weighted by molar-refractivity contribution is -0.144. The van der Waals surface area contributed by atoms with Gasteiger partial charge in [-0.1, -0.05) is 30.1 Å². The van der Waals surface area contributed by atoms with E-state index in [0.717, 1.165) is 16.7 Å². The van der Waals surface area contributed by atoms with Gasteiger partial charge in [0.2, 0.25) is 0 Å². The van der Waals surface area contributed by atoms with Crippen LogP contribution in [0.4, 0.5) is 0 Å². The normalized spacial score (nSPS) is 19.2. The van der Waals surface area contributed by atoms with Crippen molar-refractivity contribution in [2.24, 2.45) is 0 Å². The second-order valence-electron chi connectivity index (χ2n) is 3.96. The summed E-state index contributed by atoms with van der Waals surface area (Å²) in [4.78, 5) is 24.5. The lowest BCUT2D eigenvalue weighted by Crippen LogP contribution is -2.41. The van der Waals surface area contributed by atoms with Gasteiger partial charge in [-0.2, -0.15) is 0 Å². The molecule has 1 saturated heterocycles. The van der Waals surface area contributed by atoms with Crippen molar-refractivity contribution in [1.29, 1.82) is 0 Å². The second-order valence-corrected chi connectivity index (χ2v) is 5.64. The van der Waals surface area contributed by atoms with Gasteiger partial charge in [0.05, 0.1) is 11.2 Å². The maximum atomic E-state index is 12.1. The molecular formula is C13H11NO4S2. The van der Waals surface area contributed by atoms with Crippen LogP contribution in [0.2, 0.25) is 0 Å². The first-order chi connectivity index (χ1) is 9.50. The van der Waals surface area contributed by atoms with Crippen LogP contribution in [0.1, 0.15) is 12.7 Å². The average Bonchev–Trinajstić information content (AvgIpc) is 2.98. The maximum absolute atomic E-state index is 12.1. The number of nitrogens with zero attached hydrogens (tertiary/aromatic N) is 1. The van der Waals surface area contributed by atoms with Crippen molar-refractivity contribution in [3.05, 3.63) is 41.2 Å². The Labute approximate surface area is 124 Å². The molecule has 20 heavy (non-hydrogen) atoms. The Hall–Kier alpha value is -1.86. The highest BCUT2D eigenvalue weighted by molar-refractivity contribution is 8.26. The number of carboxylic acid groups (broad SMARTS) is 1. The molecule has 7 heteroatoms. The molecule has 0 saturated carbocycles. The zero-order chi connectivity index (χ0) is 14.7. The Balaban J connectivity index is 2.13. The van der Waals surface area contributed by atoms with Gasteiger partial charge in [-0.05, 0) is 31.2 Å². The minimum absolute atomic E-state index is 0.252. The molecule has 1 amide bonds. The molecule has 0 bridgehead atoms. The fourth-order valence-electron chi connectivity index (χ4n) is 1.55. The lowest BCUT2D eigenvalue weighted by Gasteiger charge is -2.18. The number of thioether (sulfide) groups is 1. The van der Waals surface area contributed by atoms with Gasteiger partial charge in [0, 0.05) is 0 Å². The quantitative estimate of drug-likeness (QED) is 0.680. The van der Waals surface area contributed by atoms with Crippen molar-refractivity contribution in [2.45, 2.75) is 13.0 Å². The molecule has 5 nitrogen and oxygen atoms in total. The minimum atomic E-state index is -1.09. The molecule has 2 rings (SSSR count). The monoisotopic (exact) mass is 309 g/mol. The van der Waals surface area contributed by atoms with Gasteiger partial charge >= 0.3 is 5.97 Å². The summed E-state index contributed by atoms with van der Waals surface area (Å²) in [5, 5.41) is 8.96. The predicted octanol–water partition coefficient (Wildman–Crippen LogP) is 2.51. The molecule has 0 aromatic carbocycles. The van der Waals surface area contributed by atoms with E-state index in [2.05, 4.69) is 0 Å². The number of hydrogen-bond donors (Lipinski definition) is 1. The number of carbonyl (C=O) groups is 2. The molecule has 1 N–H and O–H groups in total. The standard InChI is InChI=1S/C13H11NO4S2/c1-8(12(16)17)14-11(15)10(20-13(14)19)6-2-4-9-5-3-7-18-9/h2-8H,1H3,(H,16,17)/b4-2+,10-6+/t8-/m1/s1. The van der Waals surface area contributed by atoms with E-state index in [1.54, 1.807) is 36.6 Å². The smallest absolute Gasteiger partial charge is 0.326 e. The van der Waals surface area contributed by atoms with Gasteiger partial charge in [-0.15, -0.1) is 0 Å². The van der Waals surface area contributed by atoms with Crippen LogP contribution < -0.4 is 0 Å². The molecule has 104 valence electrons. The molecule has 1 atom stereocenters. The van der Waals surface area contributed by atoms with Crippen LogP contribution in [0.25, 0.3) is 6.08 Å². The van der Waals surface area contributed by atoms with Crippen LogP contribution in [-0.2, 0) is 9.59 Å². The van der Waals surface area contributed by atoms with Gasteiger partial charge in [-0.25, -0.2) is 4.79 Å². The molecule has 1 aromatic rings. The summed E-state index contributed by atoms with van der Waals surface area (Å²) < 4.78 is 5.37. The van der Waals surface area contributed by atoms with E-state index in [4.69, 9.17) is 21.7 Å². The highest BCUT2D eigenvalue weighted by atomic mass is 32.2. The Morgan fingerprint density at radius 1 is 1.60 bits per heavy atom. The Kier molecular flexibility index (Phi) is 4.41. The fraction of sp³-hybridized carbons (Fsp3) is 0.154. The van der Waals surface area contributed by atoms with Crippen molar-refractivity contribution in [3.8, 4) is 0 Å². The van der Waals surface area contributed by atoms with Crippen molar-refractivity contribution in [1.82, 2.24) is 4.90 Å². The molecule has 1 aliphatic heterocycles. The van der Waals surface area contributed by atoms with Crippen LogP contribution in [-0.4, -0.2) is 32.2 Å². The lowest BCUT2D eigenvalue weighted by atomic mass is 10.3. The van der Waals surface area contributed by atoms with Gasteiger partial charge in [-0.3, -0.25) is 9.69 Å². The van der Waals surface area contributed by atoms with Crippen LogP contribution in [0.5, 0.6) is 0 Å². The van der Waals surface area contributed by atoms with E-state index >= 15 is 0 Å². The summed E-state index contributed by atoms with van der Waals surface area (Å²) in [6.45, 7) is 1.43. The summed E-state index contributed by atoms with van der Waals surface area (Å²) in [6.07, 6.45) is 6.51. The third kappa shape index (κ3) is 3.00. The maximum Gasteiger partial charge on any atom is 0.326 e. The van der Waals surface area contributed by atoms with E-state index < -0.39 is 12.0 Å². The number of amides is 1. The number of rotatable bonds is 4. The molecule has 0 radical (unpaired) electrons. The molecule has 0 aliphatic carbocycles. The highest BCUT2D eigenvalue weighted by Crippen LogP contribution is 2.32. The summed E-state index contributed by atoms with van der Waals surface area (Å²) in [5.74, 6) is -0.816. The van der Waals surface area contributed by atoms with E-state index in [-0.39, 0.29) is 10.2 Å². The zero-order valence-corrected chi connectivity index (χ0v) is 12.1. The zero-order valence-electron chi connectivity index (χ0n) is 10.5. The van der Waals surface area contributed by atoms with Crippen LogP contribution in [0.3, 0.4) is 0 Å². The van der Waals surface area contributed by atoms with E-state index in [1.807, 2.05) is 0 Å². The molecule has 1 aliphatic rings. The number of carbonyl (C=O) groups excluding carboxylic acids is 1. The molecule has 0 unspecified atom stereocenters. The summed E-state index contributed by atoms with van der Waals surface area (Å²) in [5.41, 5.74) is 0. The van der Waals surface area contributed by atoms with E-state index in [1.165, 1.54) is 6.92 Å². The summed E-state index contributed by atoms with van der Waals surface area (Å²) in [6, 6.07) is 2.57. The molecule has 0 spiro atoms. The van der Waals surface area contributed by atoms with E-state index in [9.17, 15) is 9.59 Å². The summed E-state index contributed by atoms with van der Waals surface area (Å²) in [7, 11) is 0. The molecular weight excluding hydrogens is 298 g/mol. The third-order valence-electron chi connectivity index (χ3n) is 2.62. The first-order valence-corrected chi connectivity index (χ1v) is 6.93. The Morgan fingerprint density at radius 2 is 2.35 bits per heavy atom. The first kappa shape index (κ1) is 14.5. The molecule has 1 aromatic heterocycles. The highest BCUT2D eigenvalue weighted by Gasteiger charge is 2.37. The number of allylic oxidation sites excluding steroid dienone is 2. The van der Waals surface area contributed by atoms with Crippen molar-refractivity contribution in [2.75, 3.05) is 0 Å². The van der Waals surface area contributed by atoms with Crippen LogP contribution >= 0.6 is 24.0 Å².